The summed E-state index contributed by atoms with van der Waals surface area (Å²) in [5.41, 5.74) is 0. The first-order chi connectivity index (χ1) is 9.09. The maximum absolute atomic E-state index is 12.1. The minimum atomic E-state index is -4.09. The third-order valence-corrected chi connectivity index (χ3v) is 6.12. The van der Waals surface area contributed by atoms with Crippen molar-refractivity contribution in [1.82, 2.24) is 9.78 Å². The lowest BCUT2D eigenvalue weighted by atomic mass is 10.7. The van der Waals surface area contributed by atoms with Crippen LogP contribution in [0, 0.1) is 0 Å². The first kappa shape index (κ1) is 15.3. The molecule has 2 aromatic heterocycles. The first-order valence-corrected chi connectivity index (χ1v) is 9.16. The van der Waals surface area contributed by atoms with Crippen molar-refractivity contribution in [1.29, 1.82) is 0 Å². The van der Waals surface area contributed by atoms with Crippen molar-refractivity contribution in [2.75, 3.05) is 4.72 Å². The average molecular weight is 357 g/mol. The Labute approximate surface area is 124 Å². The number of nitrogens with two attached hydrogens (primary N) is 1. The molecule has 0 bridgehead atoms. The van der Waals surface area contributed by atoms with Crippen LogP contribution >= 0.6 is 22.9 Å². The monoisotopic (exact) mass is 356 g/mol. The third kappa shape index (κ3) is 3.12. The van der Waals surface area contributed by atoms with Gasteiger partial charge >= 0.3 is 0 Å². The molecule has 0 saturated carbocycles. The molecular weight excluding hydrogens is 348 g/mol. The maximum Gasteiger partial charge on any atom is 0.272 e. The normalized spacial score (nSPS) is 12.6. The quantitative estimate of drug-likeness (QED) is 0.829. The van der Waals surface area contributed by atoms with Crippen molar-refractivity contribution in [2.45, 2.75) is 9.10 Å². The van der Waals surface area contributed by atoms with Gasteiger partial charge in [0, 0.05) is 13.2 Å². The highest BCUT2D eigenvalue weighted by atomic mass is 35.5. The van der Waals surface area contributed by atoms with Crippen LogP contribution in [0.4, 0.5) is 5.82 Å². The highest BCUT2D eigenvalue weighted by molar-refractivity contribution is 7.95. The largest absolute Gasteiger partial charge is 0.272 e. The van der Waals surface area contributed by atoms with Crippen LogP contribution in [0.25, 0.3) is 0 Å². The zero-order valence-corrected chi connectivity index (χ0v) is 13.1. The van der Waals surface area contributed by atoms with Gasteiger partial charge in [0.15, 0.2) is 5.82 Å². The van der Waals surface area contributed by atoms with Crippen molar-refractivity contribution < 1.29 is 16.8 Å². The Bertz CT molecular complexity index is 852. The second-order valence-electron chi connectivity index (χ2n) is 3.72. The molecule has 12 heteroatoms. The number of hydrogen-bond donors (Lipinski definition) is 2. The number of nitrogens with one attached hydrogen (secondary N) is 1. The smallest absolute Gasteiger partial charge is 0.272 e. The molecule has 0 unspecified atom stereocenters. The Morgan fingerprint density at radius 1 is 1.35 bits per heavy atom. The number of halogens is 1. The number of nitrogens with zero attached hydrogens (tertiary/aromatic N) is 2. The van der Waals surface area contributed by atoms with Crippen LogP contribution in [0.1, 0.15) is 0 Å². The Kier molecular flexibility index (Phi) is 3.81. The second-order valence-corrected chi connectivity index (χ2v) is 8.88. The Hall–Kier alpha value is -1.14. The Morgan fingerprint density at radius 3 is 2.50 bits per heavy atom. The summed E-state index contributed by atoms with van der Waals surface area (Å²) < 4.78 is 50.3. The molecule has 110 valence electrons. The van der Waals surface area contributed by atoms with E-state index in [-0.39, 0.29) is 14.4 Å². The summed E-state index contributed by atoms with van der Waals surface area (Å²) in [5.74, 6) is -0.362. The summed E-state index contributed by atoms with van der Waals surface area (Å²) in [6.45, 7) is 0. The number of sulfonamides is 2. The first-order valence-electron chi connectivity index (χ1n) is 4.94. The molecule has 2 aromatic rings. The summed E-state index contributed by atoms with van der Waals surface area (Å²) in [6.07, 6.45) is 1.11. The number of aryl methyl sites for hydroxylation is 1. The Balaban J connectivity index is 2.45. The Morgan fingerprint density at radius 2 is 2.00 bits per heavy atom. The van der Waals surface area contributed by atoms with E-state index >= 15 is 0 Å². The van der Waals surface area contributed by atoms with Crippen LogP contribution in [-0.2, 0) is 27.1 Å². The maximum atomic E-state index is 12.1. The molecule has 0 amide bonds. The third-order valence-electron chi connectivity index (χ3n) is 2.15. The van der Waals surface area contributed by atoms with Gasteiger partial charge < -0.3 is 0 Å². The summed E-state index contributed by atoms with van der Waals surface area (Å²) in [5, 5.41) is 8.73. The summed E-state index contributed by atoms with van der Waals surface area (Å²) in [7, 11) is -6.63. The van der Waals surface area contributed by atoms with E-state index in [1.54, 1.807) is 0 Å². The van der Waals surface area contributed by atoms with Gasteiger partial charge in [-0.15, -0.1) is 11.3 Å². The predicted molar refractivity (Wildman–Crippen MR) is 74.7 cm³/mol. The molecule has 0 spiro atoms. The van der Waals surface area contributed by atoms with E-state index in [0.717, 1.165) is 22.2 Å². The standard InChI is InChI=1S/C8H9ClN4O4S3/c1-13-4-5(19(10,14)15)8(11-13)12-20(16,17)7-3-2-6(9)18-7/h2-4H,1H3,(H,11,12)(H2,10,14,15). The van der Waals surface area contributed by atoms with Gasteiger partial charge in [0.25, 0.3) is 10.0 Å². The van der Waals surface area contributed by atoms with E-state index in [9.17, 15) is 16.8 Å². The van der Waals surface area contributed by atoms with E-state index in [4.69, 9.17) is 16.7 Å². The highest BCUT2D eigenvalue weighted by Crippen LogP contribution is 2.28. The molecule has 20 heavy (non-hydrogen) atoms. The van der Waals surface area contributed by atoms with Gasteiger partial charge in [-0.3, -0.25) is 9.40 Å². The SMILES string of the molecule is Cn1cc(S(N)(=O)=O)c(NS(=O)(=O)c2ccc(Cl)s2)n1. The molecule has 0 aliphatic heterocycles. The molecular formula is C8H9ClN4O4S3. The molecule has 2 rings (SSSR count). The van der Waals surface area contributed by atoms with E-state index in [1.165, 1.54) is 19.2 Å². The number of rotatable bonds is 4. The second kappa shape index (κ2) is 5.00. The lowest BCUT2D eigenvalue weighted by Gasteiger charge is -2.04. The van der Waals surface area contributed by atoms with Gasteiger partial charge in [-0.05, 0) is 12.1 Å². The lowest BCUT2D eigenvalue weighted by Crippen LogP contribution is -2.17. The van der Waals surface area contributed by atoms with Crippen LogP contribution in [0.5, 0.6) is 0 Å². The fourth-order valence-electron chi connectivity index (χ4n) is 1.37. The van der Waals surface area contributed by atoms with Crippen LogP contribution in [-0.4, -0.2) is 26.6 Å². The molecule has 0 saturated heterocycles. The lowest BCUT2D eigenvalue weighted by molar-refractivity contribution is 0.598. The summed E-state index contributed by atoms with van der Waals surface area (Å²) in [4.78, 5) is -0.411. The van der Waals surface area contributed by atoms with Gasteiger partial charge in [-0.1, -0.05) is 11.6 Å². The zero-order chi connectivity index (χ0) is 15.1. The topological polar surface area (TPSA) is 124 Å². The molecule has 0 aliphatic rings. The molecule has 0 atom stereocenters. The van der Waals surface area contributed by atoms with Gasteiger partial charge in [0.05, 0.1) is 4.34 Å². The number of primary sulfonamides is 1. The van der Waals surface area contributed by atoms with Crippen molar-refractivity contribution in [3.63, 3.8) is 0 Å². The van der Waals surface area contributed by atoms with Gasteiger partial charge in [0.1, 0.15) is 9.10 Å². The van der Waals surface area contributed by atoms with E-state index in [1.807, 2.05) is 0 Å². The molecule has 0 radical (unpaired) electrons. The van der Waals surface area contributed by atoms with Crippen molar-refractivity contribution in [3.05, 3.63) is 22.7 Å². The van der Waals surface area contributed by atoms with Crippen LogP contribution < -0.4 is 9.86 Å². The van der Waals surface area contributed by atoms with E-state index in [0.29, 0.717) is 0 Å². The van der Waals surface area contributed by atoms with Crippen LogP contribution in [0.2, 0.25) is 4.34 Å². The molecule has 0 fully saturated rings. The number of aromatic nitrogens is 2. The highest BCUT2D eigenvalue weighted by Gasteiger charge is 2.24. The molecule has 3 N–H and O–H groups in total. The minimum Gasteiger partial charge on any atom is -0.272 e. The van der Waals surface area contributed by atoms with Crippen LogP contribution in [0.3, 0.4) is 0 Å². The van der Waals surface area contributed by atoms with Gasteiger partial charge in [-0.25, -0.2) is 22.0 Å². The van der Waals surface area contributed by atoms with Crippen molar-refractivity contribution in [2.24, 2.45) is 12.2 Å². The predicted octanol–water partition coefficient (Wildman–Crippen LogP) is 0.583. The molecule has 0 aromatic carbocycles. The van der Waals surface area contributed by atoms with Gasteiger partial charge in [-0.2, -0.15) is 5.10 Å². The van der Waals surface area contributed by atoms with E-state index in [2.05, 4.69) is 9.82 Å². The molecule has 8 nitrogen and oxygen atoms in total. The number of hydrogen-bond acceptors (Lipinski definition) is 6. The van der Waals surface area contributed by atoms with E-state index < -0.39 is 24.9 Å². The zero-order valence-electron chi connectivity index (χ0n) is 9.94. The minimum absolute atomic E-state index is 0.0616. The molecule has 0 aliphatic carbocycles. The van der Waals surface area contributed by atoms with Crippen LogP contribution in [0.15, 0.2) is 27.4 Å². The fraction of sp³-hybridized carbons (Fsp3) is 0.125. The summed E-state index contributed by atoms with van der Waals surface area (Å²) in [6, 6.07) is 2.72. The van der Waals surface area contributed by atoms with Gasteiger partial charge in [0.2, 0.25) is 10.0 Å². The van der Waals surface area contributed by atoms with Crippen molar-refractivity contribution in [3.8, 4) is 0 Å². The molecule has 2 heterocycles. The fourth-order valence-corrected chi connectivity index (χ4v) is 4.59. The summed E-state index contributed by atoms with van der Waals surface area (Å²) >= 11 is 6.50. The number of thiophene rings is 1. The number of anilines is 1. The van der Waals surface area contributed by atoms with Crippen molar-refractivity contribution >= 4 is 48.8 Å². The average Bonchev–Trinajstić information content (AvgIpc) is 2.84.